The summed E-state index contributed by atoms with van der Waals surface area (Å²) in [6, 6.07) is 7.39. The third-order valence-corrected chi connectivity index (χ3v) is 3.51. The Labute approximate surface area is 123 Å². The van der Waals surface area contributed by atoms with E-state index in [4.69, 9.17) is 17.0 Å². The number of nitrogens with zero attached hydrogens (tertiary/aromatic N) is 1. The second kappa shape index (κ2) is 6.81. The Kier molecular flexibility index (Phi) is 5.09. The number of H-pyrrole nitrogens is 1. The first-order valence-electron chi connectivity index (χ1n) is 6.89. The Hall–Kier alpha value is -1.46. The SMILES string of the molecule is CC(C)CCOCCn1c(=S)[nH]c2ccccc2c1=O. The maximum absolute atomic E-state index is 12.3. The van der Waals surface area contributed by atoms with Gasteiger partial charge in [0.15, 0.2) is 4.77 Å². The van der Waals surface area contributed by atoms with Gasteiger partial charge >= 0.3 is 0 Å². The van der Waals surface area contributed by atoms with Crippen molar-refractivity contribution in [2.75, 3.05) is 13.2 Å². The van der Waals surface area contributed by atoms with Crippen LogP contribution >= 0.6 is 12.2 Å². The topological polar surface area (TPSA) is 47.0 Å². The van der Waals surface area contributed by atoms with E-state index in [1.807, 2.05) is 18.2 Å². The molecule has 108 valence electrons. The summed E-state index contributed by atoms with van der Waals surface area (Å²) in [5.74, 6) is 0.626. The average Bonchev–Trinajstić information content (AvgIpc) is 2.41. The molecule has 0 unspecified atom stereocenters. The lowest BCUT2D eigenvalue weighted by atomic mass is 10.1. The summed E-state index contributed by atoms with van der Waals surface area (Å²) in [6.45, 7) is 6.02. The number of hydrogen-bond donors (Lipinski definition) is 1. The van der Waals surface area contributed by atoms with Crippen LogP contribution in [-0.4, -0.2) is 22.8 Å². The van der Waals surface area contributed by atoms with E-state index in [1.165, 1.54) is 0 Å². The van der Waals surface area contributed by atoms with Crippen LogP contribution in [0.1, 0.15) is 20.3 Å². The first-order valence-corrected chi connectivity index (χ1v) is 7.30. The Bertz CT molecular complexity index is 688. The summed E-state index contributed by atoms with van der Waals surface area (Å²) >= 11 is 5.24. The zero-order valence-corrected chi connectivity index (χ0v) is 12.7. The van der Waals surface area contributed by atoms with E-state index in [0.717, 1.165) is 18.5 Å². The number of ether oxygens (including phenoxy) is 1. The van der Waals surface area contributed by atoms with Gasteiger partial charge in [-0.1, -0.05) is 26.0 Å². The van der Waals surface area contributed by atoms with Crippen LogP contribution in [0, 0.1) is 10.7 Å². The van der Waals surface area contributed by atoms with E-state index in [2.05, 4.69) is 18.8 Å². The largest absolute Gasteiger partial charge is 0.380 e. The van der Waals surface area contributed by atoms with Crippen molar-refractivity contribution in [1.82, 2.24) is 9.55 Å². The van der Waals surface area contributed by atoms with Gasteiger partial charge in [0.25, 0.3) is 5.56 Å². The predicted octanol–water partition coefficient (Wildman–Crippen LogP) is 3.12. The van der Waals surface area contributed by atoms with E-state index in [1.54, 1.807) is 10.6 Å². The highest BCUT2D eigenvalue weighted by Crippen LogP contribution is 2.06. The summed E-state index contributed by atoms with van der Waals surface area (Å²) < 4.78 is 7.56. The number of nitrogens with one attached hydrogen (secondary N) is 1. The molecule has 0 saturated heterocycles. The van der Waals surface area contributed by atoms with Gasteiger partial charge < -0.3 is 9.72 Å². The molecule has 1 aromatic heterocycles. The van der Waals surface area contributed by atoms with Gasteiger partial charge in [0.1, 0.15) is 0 Å². The number of aromatic amines is 1. The molecule has 0 amide bonds. The van der Waals surface area contributed by atoms with Gasteiger partial charge in [0.2, 0.25) is 0 Å². The van der Waals surface area contributed by atoms with Crippen LogP contribution in [0.5, 0.6) is 0 Å². The van der Waals surface area contributed by atoms with Crippen molar-refractivity contribution in [2.45, 2.75) is 26.8 Å². The van der Waals surface area contributed by atoms with Crippen LogP contribution in [0.15, 0.2) is 29.1 Å². The number of aromatic nitrogens is 2. The molecule has 0 aliphatic carbocycles. The minimum atomic E-state index is -0.0585. The van der Waals surface area contributed by atoms with Crippen LogP contribution < -0.4 is 5.56 Å². The zero-order valence-electron chi connectivity index (χ0n) is 11.9. The van der Waals surface area contributed by atoms with Gasteiger partial charge in [0.05, 0.1) is 24.1 Å². The molecule has 0 spiro atoms. The van der Waals surface area contributed by atoms with Crippen molar-refractivity contribution < 1.29 is 4.74 Å². The fourth-order valence-corrected chi connectivity index (χ4v) is 2.26. The molecule has 20 heavy (non-hydrogen) atoms. The van der Waals surface area contributed by atoms with E-state index < -0.39 is 0 Å². The zero-order chi connectivity index (χ0) is 14.5. The third-order valence-electron chi connectivity index (χ3n) is 3.19. The summed E-state index contributed by atoms with van der Waals surface area (Å²) in [4.78, 5) is 15.4. The number of benzene rings is 1. The van der Waals surface area contributed by atoms with Crippen molar-refractivity contribution in [3.05, 3.63) is 39.4 Å². The molecule has 1 N–H and O–H groups in total. The lowest BCUT2D eigenvalue weighted by Gasteiger charge is -2.09. The molecular formula is C15H20N2O2S. The van der Waals surface area contributed by atoms with Crippen LogP contribution in [0.2, 0.25) is 0 Å². The van der Waals surface area contributed by atoms with Crippen LogP contribution in [-0.2, 0) is 11.3 Å². The monoisotopic (exact) mass is 292 g/mol. The summed E-state index contributed by atoms with van der Waals surface area (Å²) in [6.07, 6.45) is 1.03. The summed E-state index contributed by atoms with van der Waals surface area (Å²) in [7, 11) is 0. The molecule has 0 atom stereocenters. The predicted molar refractivity (Wildman–Crippen MR) is 83.7 cm³/mol. The molecule has 1 aromatic carbocycles. The van der Waals surface area contributed by atoms with Crippen LogP contribution in [0.4, 0.5) is 0 Å². The van der Waals surface area contributed by atoms with E-state index in [0.29, 0.717) is 29.2 Å². The highest BCUT2D eigenvalue weighted by Gasteiger charge is 2.04. The Balaban J connectivity index is 2.10. The van der Waals surface area contributed by atoms with Crippen LogP contribution in [0.3, 0.4) is 0 Å². The van der Waals surface area contributed by atoms with Gasteiger partial charge in [-0.3, -0.25) is 9.36 Å². The molecule has 0 saturated carbocycles. The molecular weight excluding hydrogens is 272 g/mol. The van der Waals surface area contributed by atoms with E-state index in [-0.39, 0.29) is 5.56 Å². The smallest absolute Gasteiger partial charge is 0.262 e. The van der Waals surface area contributed by atoms with Crippen molar-refractivity contribution in [3.63, 3.8) is 0 Å². The second-order valence-electron chi connectivity index (χ2n) is 5.23. The number of para-hydroxylation sites is 1. The van der Waals surface area contributed by atoms with Gasteiger partial charge in [-0.15, -0.1) is 0 Å². The van der Waals surface area contributed by atoms with Crippen molar-refractivity contribution in [2.24, 2.45) is 5.92 Å². The van der Waals surface area contributed by atoms with Crippen LogP contribution in [0.25, 0.3) is 10.9 Å². The van der Waals surface area contributed by atoms with Gasteiger partial charge in [-0.05, 0) is 36.7 Å². The highest BCUT2D eigenvalue weighted by atomic mass is 32.1. The number of hydrogen-bond acceptors (Lipinski definition) is 3. The first-order chi connectivity index (χ1) is 9.59. The molecule has 4 nitrogen and oxygen atoms in total. The molecule has 0 fully saturated rings. The normalized spacial score (nSPS) is 11.3. The minimum absolute atomic E-state index is 0.0585. The average molecular weight is 292 g/mol. The fourth-order valence-electron chi connectivity index (χ4n) is 1.98. The molecule has 5 heteroatoms. The third kappa shape index (κ3) is 3.55. The second-order valence-corrected chi connectivity index (χ2v) is 5.61. The summed E-state index contributed by atoms with van der Waals surface area (Å²) in [5.41, 5.74) is 0.719. The van der Waals surface area contributed by atoms with Crippen molar-refractivity contribution in [1.29, 1.82) is 0 Å². The molecule has 1 heterocycles. The Morgan fingerprint density at radius 2 is 2.05 bits per heavy atom. The molecule has 2 aromatic rings. The molecule has 0 bridgehead atoms. The Morgan fingerprint density at radius 1 is 1.30 bits per heavy atom. The molecule has 0 aliphatic rings. The lowest BCUT2D eigenvalue weighted by Crippen LogP contribution is -2.24. The number of rotatable bonds is 6. The van der Waals surface area contributed by atoms with E-state index >= 15 is 0 Å². The molecule has 0 aliphatic heterocycles. The minimum Gasteiger partial charge on any atom is -0.380 e. The molecule has 0 radical (unpaired) electrons. The summed E-state index contributed by atoms with van der Waals surface area (Å²) in [5, 5.41) is 0.656. The van der Waals surface area contributed by atoms with Gasteiger partial charge in [0, 0.05) is 6.61 Å². The van der Waals surface area contributed by atoms with Crippen molar-refractivity contribution in [3.8, 4) is 0 Å². The molecule has 2 rings (SSSR count). The Morgan fingerprint density at radius 3 is 2.80 bits per heavy atom. The maximum atomic E-state index is 12.3. The first kappa shape index (κ1) is 14.9. The van der Waals surface area contributed by atoms with Crippen molar-refractivity contribution >= 4 is 23.1 Å². The standard InChI is InChI=1S/C15H20N2O2S/c1-11(2)7-9-19-10-8-17-14(18)12-5-3-4-6-13(12)16-15(17)20/h3-6,11H,7-10H2,1-2H3,(H,16,20). The maximum Gasteiger partial charge on any atom is 0.262 e. The highest BCUT2D eigenvalue weighted by molar-refractivity contribution is 7.71. The fraction of sp³-hybridized carbons (Fsp3) is 0.467. The number of fused-ring (bicyclic) bond motifs is 1. The quantitative estimate of drug-likeness (QED) is 0.657. The lowest BCUT2D eigenvalue weighted by molar-refractivity contribution is 0.115. The van der Waals surface area contributed by atoms with Gasteiger partial charge in [-0.25, -0.2) is 0 Å². The van der Waals surface area contributed by atoms with E-state index in [9.17, 15) is 4.79 Å². The van der Waals surface area contributed by atoms with Gasteiger partial charge in [-0.2, -0.15) is 0 Å².